The van der Waals surface area contributed by atoms with Crippen LogP contribution in [0, 0.1) is 0 Å². The van der Waals surface area contributed by atoms with Crippen LogP contribution in [0.25, 0.3) is 0 Å². The third-order valence-corrected chi connectivity index (χ3v) is 2.87. The van der Waals surface area contributed by atoms with Gasteiger partial charge in [-0.3, -0.25) is 14.7 Å². The lowest BCUT2D eigenvalue weighted by Gasteiger charge is -2.34. The van der Waals surface area contributed by atoms with Crippen LogP contribution in [0.2, 0.25) is 0 Å². The second-order valence-corrected chi connectivity index (χ2v) is 5.57. The van der Waals surface area contributed by atoms with E-state index in [4.69, 9.17) is 15.1 Å². The number of carbonyl (C=O) groups is 2. The highest BCUT2D eigenvalue weighted by Gasteiger charge is 2.27. The van der Waals surface area contributed by atoms with Gasteiger partial charge < -0.3 is 14.7 Å². The van der Waals surface area contributed by atoms with Gasteiger partial charge in [0.15, 0.2) is 5.69 Å². The summed E-state index contributed by atoms with van der Waals surface area (Å²) in [4.78, 5) is 24.7. The molecule has 2 amide bonds. The molecule has 1 aromatic rings. The lowest BCUT2D eigenvalue weighted by molar-refractivity contribution is 0.0537. The van der Waals surface area contributed by atoms with Crippen molar-refractivity contribution in [3.8, 4) is 0 Å². The predicted molar refractivity (Wildman–Crippen MR) is 76.4 cm³/mol. The van der Waals surface area contributed by atoms with Crippen molar-refractivity contribution < 1.29 is 24.6 Å². The molecule has 0 radical (unpaired) electrons. The van der Waals surface area contributed by atoms with Crippen molar-refractivity contribution in [2.24, 2.45) is 0 Å². The molecule has 0 aliphatic rings. The molecular formula is C13H22N4O5. The SMILES string of the molecule is CC(C)(C)N(CCn1ccc(C(=O)NO)n1)C(=O)OCCO. The molecule has 22 heavy (non-hydrogen) atoms. The van der Waals surface area contributed by atoms with E-state index in [0.717, 1.165) is 0 Å². The molecule has 0 spiro atoms. The summed E-state index contributed by atoms with van der Waals surface area (Å²) >= 11 is 0. The van der Waals surface area contributed by atoms with Crippen molar-refractivity contribution in [3.63, 3.8) is 0 Å². The lowest BCUT2D eigenvalue weighted by atomic mass is 10.1. The Morgan fingerprint density at radius 2 is 2.14 bits per heavy atom. The summed E-state index contributed by atoms with van der Waals surface area (Å²) in [5.74, 6) is -0.700. The number of aliphatic hydroxyl groups excluding tert-OH is 1. The van der Waals surface area contributed by atoms with Gasteiger partial charge in [0.05, 0.1) is 13.2 Å². The standard InChI is InChI=1S/C13H22N4O5/c1-13(2,3)17(12(20)22-9-8-18)7-6-16-5-4-10(14-16)11(19)15-21/h4-5,18,21H,6-9H2,1-3H3,(H,15,19). The maximum absolute atomic E-state index is 12.0. The average Bonchev–Trinajstić information content (AvgIpc) is 2.91. The fourth-order valence-corrected chi connectivity index (χ4v) is 1.78. The van der Waals surface area contributed by atoms with Crippen LogP contribution in [0.1, 0.15) is 31.3 Å². The molecule has 0 atom stereocenters. The minimum Gasteiger partial charge on any atom is -0.447 e. The molecule has 0 saturated carbocycles. The number of aliphatic hydroxyl groups is 1. The summed E-state index contributed by atoms with van der Waals surface area (Å²) < 4.78 is 6.43. The molecule has 0 aromatic carbocycles. The number of amides is 2. The molecule has 1 rings (SSSR count). The minimum absolute atomic E-state index is 0.0615. The van der Waals surface area contributed by atoms with Gasteiger partial charge in [0.25, 0.3) is 5.91 Å². The number of rotatable bonds is 6. The minimum atomic E-state index is -0.700. The normalized spacial score (nSPS) is 11.1. The first-order chi connectivity index (χ1) is 10.3. The zero-order valence-corrected chi connectivity index (χ0v) is 12.9. The molecule has 3 N–H and O–H groups in total. The Bertz CT molecular complexity index is 509. The highest BCUT2D eigenvalue weighted by atomic mass is 16.6. The Morgan fingerprint density at radius 3 is 2.68 bits per heavy atom. The summed E-state index contributed by atoms with van der Waals surface area (Å²) in [6.45, 7) is 5.96. The summed E-state index contributed by atoms with van der Waals surface area (Å²) in [7, 11) is 0. The van der Waals surface area contributed by atoms with Gasteiger partial charge in [-0.1, -0.05) is 0 Å². The van der Waals surface area contributed by atoms with Gasteiger partial charge in [-0.25, -0.2) is 10.3 Å². The lowest BCUT2D eigenvalue weighted by Crippen LogP contribution is -2.47. The van der Waals surface area contributed by atoms with E-state index in [0.29, 0.717) is 13.1 Å². The van der Waals surface area contributed by atoms with E-state index in [2.05, 4.69) is 5.10 Å². The van der Waals surface area contributed by atoms with Crippen LogP contribution in [0.4, 0.5) is 4.79 Å². The van der Waals surface area contributed by atoms with E-state index in [9.17, 15) is 9.59 Å². The largest absolute Gasteiger partial charge is 0.447 e. The van der Waals surface area contributed by atoms with E-state index in [1.54, 1.807) is 6.20 Å². The Kier molecular flexibility index (Phi) is 6.32. The van der Waals surface area contributed by atoms with Crippen molar-refractivity contribution in [1.82, 2.24) is 20.2 Å². The van der Waals surface area contributed by atoms with E-state index in [1.165, 1.54) is 21.1 Å². The zero-order chi connectivity index (χ0) is 16.8. The molecule has 124 valence electrons. The molecule has 0 fully saturated rings. The van der Waals surface area contributed by atoms with Crippen molar-refractivity contribution in [2.75, 3.05) is 19.8 Å². The van der Waals surface area contributed by atoms with Crippen LogP contribution in [-0.2, 0) is 11.3 Å². The summed E-state index contributed by atoms with van der Waals surface area (Å²) in [6.07, 6.45) is 1.05. The maximum Gasteiger partial charge on any atom is 0.410 e. The summed E-state index contributed by atoms with van der Waals surface area (Å²) in [5.41, 5.74) is 1.11. The van der Waals surface area contributed by atoms with Crippen LogP contribution >= 0.6 is 0 Å². The highest BCUT2D eigenvalue weighted by Crippen LogP contribution is 2.14. The number of aromatic nitrogens is 2. The first kappa shape index (κ1) is 17.9. The topological polar surface area (TPSA) is 117 Å². The van der Waals surface area contributed by atoms with Gasteiger partial charge in [0.2, 0.25) is 0 Å². The van der Waals surface area contributed by atoms with Crippen LogP contribution in [0.15, 0.2) is 12.3 Å². The molecule has 0 bridgehead atoms. The van der Waals surface area contributed by atoms with E-state index in [-0.39, 0.29) is 18.9 Å². The molecule has 1 heterocycles. The van der Waals surface area contributed by atoms with Gasteiger partial charge in [-0.2, -0.15) is 5.10 Å². The molecule has 0 aliphatic carbocycles. The van der Waals surface area contributed by atoms with Gasteiger partial charge in [0, 0.05) is 18.3 Å². The number of nitrogens with one attached hydrogen (secondary N) is 1. The van der Waals surface area contributed by atoms with Crippen LogP contribution < -0.4 is 5.48 Å². The second kappa shape index (κ2) is 7.76. The Labute approximate surface area is 128 Å². The van der Waals surface area contributed by atoms with Crippen molar-refractivity contribution in [1.29, 1.82) is 0 Å². The molecule has 0 aliphatic heterocycles. The first-order valence-corrected chi connectivity index (χ1v) is 6.82. The number of hydroxylamine groups is 1. The average molecular weight is 314 g/mol. The highest BCUT2D eigenvalue weighted by molar-refractivity contribution is 5.91. The third kappa shape index (κ3) is 5.01. The number of ether oxygens (including phenoxy) is 1. The molecule has 1 aromatic heterocycles. The van der Waals surface area contributed by atoms with Gasteiger partial charge >= 0.3 is 6.09 Å². The number of hydrogen-bond donors (Lipinski definition) is 3. The Balaban J connectivity index is 2.69. The van der Waals surface area contributed by atoms with Gasteiger partial charge in [-0.05, 0) is 26.8 Å². The monoisotopic (exact) mass is 314 g/mol. The van der Waals surface area contributed by atoms with Gasteiger partial charge in [0.1, 0.15) is 6.61 Å². The van der Waals surface area contributed by atoms with Crippen LogP contribution in [-0.4, -0.2) is 62.3 Å². The molecular weight excluding hydrogens is 292 g/mol. The van der Waals surface area contributed by atoms with E-state index < -0.39 is 17.5 Å². The fraction of sp³-hybridized carbons (Fsp3) is 0.615. The predicted octanol–water partition coefficient (Wildman–Crippen LogP) is 0.232. The smallest absolute Gasteiger partial charge is 0.410 e. The van der Waals surface area contributed by atoms with E-state index in [1.807, 2.05) is 20.8 Å². The Morgan fingerprint density at radius 1 is 1.45 bits per heavy atom. The summed E-state index contributed by atoms with van der Waals surface area (Å²) in [5, 5.41) is 21.2. The zero-order valence-electron chi connectivity index (χ0n) is 12.9. The number of carbonyl (C=O) groups excluding carboxylic acids is 2. The molecule has 9 nitrogen and oxygen atoms in total. The van der Waals surface area contributed by atoms with Crippen molar-refractivity contribution in [3.05, 3.63) is 18.0 Å². The second-order valence-electron chi connectivity index (χ2n) is 5.57. The number of nitrogens with zero attached hydrogens (tertiary/aromatic N) is 3. The molecule has 9 heteroatoms. The summed E-state index contributed by atoms with van der Waals surface area (Å²) in [6, 6.07) is 1.46. The van der Waals surface area contributed by atoms with Gasteiger partial charge in [-0.15, -0.1) is 0 Å². The quantitative estimate of drug-likeness (QED) is 0.511. The van der Waals surface area contributed by atoms with E-state index >= 15 is 0 Å². The van der Waals surface area contributed by atoms with Crippen molar-refractivity contribution in [2.45, 2.75) is 32.9 Å². The maximum atomic E-state index is 12.0. The molecule has 0 unspecified atom stereocenters. The first-order valence-electron chi connectivity index (χ1n) is 6.82. The number of hydrogen-bond acceptors (Lipinski definition) is 6. The Hall–Kier alpha value is -2.13. The van der Waals surface area contributed by atoms with Crippen LogP contribution in [0.5, 0.6) is 0 Å². The fourth-order valence-electron chi connectivity index (χ4n) is 1.78. The van der Waals surface area contributed by atoms with Crippen LogP contribution in [0.3, 0.4) is 0 Å². The molecule has 0 saturated heterocycles. The van der Waals surface area contributed by atoms with Crippen molar-refractivity contribution >= 4 is 12.0 Å². The third-order valence-electron chi connectivity index (χ3n) is 2.87.